The zero-order chi connectivity index (χ0) is 12.3. The Morgan fingerprint density at radius 3 is 2.19 bits per heavy atom. The van der Waals surface area contributed by atoms with E-state index in [2.05, 4.69) is 0 Å². The third-order valence-electron chi connectivity index (χ3n) is 2.19. The number of nitrogens with two attached hydrogens (primary N) is 1. The third-order valence-corrected chi connectivity index (χ3v) is 2.19. The SMILES string of the molecule is NCCC(O)C(O)c1cc(F)c(F)cc1F. The molecule has 0 radical (unpaired) electrons. The van der Waals surface area contributed by atoms with Gasteiger partial charge in [0.05, 0.1) is 6.10 Å². The maximum absolute atomic E-state index is 13.2. The summed E-state index contributed by atoms with van der Waals surface area (Å²) >= 11 is 0. The Morgan fingerprint density at radius 1 is 1.06 bits per heavy atom. The molecule has 16 heavy (non-hydrogen) atoms. The highest BCUT2D eigenvalue weighted by molar-refractivity contribution is 5.23. The Balaban J connectivity index is 2.99. The normalized spacial score (nSPS) is 14.9. The summed E-state index contributed by atoms with van der Waals surface area (Å²) in [5.41, 5.74) is 4.65. The minimum atomic E-state index is -1.63. The van der Waals surface area contributed by atoms with Gasteiger partial charge in [0, 0.05) is 11.6 Å². The Labute approximate surface area is 90.3 Å². The van der Waals surface area contributed by atoms with Gasteiger partial charge in [0.1, 0.15) is 11.9 Å². The van der Waals surface area contributed by atoms with Crippen LogP contribution in [0.5, 0.6) is 0 Å². The second kappa shape index (κ2) is 5.29. The maximum Gasteiger partial charge on any atom is 0.161 e. The van der Waals surface area contributed by atoms with Crippen LogP contribution in [0.3, 0.4) is 0 Å². The van der Waals surface area contributed by atoms with Gasteiger partial charge in [-0.1, -0.05) is 0 Å². The largest absolute Gasteiger partial charge is 0.390 e. The van der Waals surface area contributed by atoms with E-state index in [-0.39, 0.29) is 13.0 Å². The standard InChI is InChI=1S/C10H12F3NO2/c11-6-4-8(13)7(12)3-5(6)10(16)9(15)1-2-14/h3-4,9-10,15-16H,1-2,14H2. The van der Waals surface area contributed by atoms with Gasteiger partial charge in [-0.05, 0) is 19.0 Å². The summed E-state index contributed by atoms with van der Waals surface area (Å²) in [6, 6.07) is 0.845. The Morgan fingerprint density at radius 2 is 1.62 bits per heavy atom. The highest BCUT2D eigenvalue weighted by Gasteiger charge is 2.22. The molecule has 0 bridgehead atoms. The second-order valence-electron chi connectivity index (χ2n) is 3.38. The summed E-state index contributed by atoms with van der Waals surface area (Å²) in [6.07, 6.45) is -2.91. The molecule has 0 aromatic heterocycles. The molecule has 0 fully saturated rings. The molecule has 0 saturated heterocycles. The summed E-state index contributed by atoms with van der Waals surface area (Å²) in [5, 5.41) is 18.8. The first-order chi connectivity index (χ1) is 7.47. The topological polar surface area (TPSA) is 66.5 Å². The number of hydrogen-bond acceptors (Lipinski definition) is 3. The molecule has 0 aliphatic rings. The fourth-order valence-electron chi connectivity index (χ4n) is 1.30. The predicted octanol–water partition coefficient (Wildman–Crippen LogP) is 0.847. The molecule has 0 amide bonds. The number of hydrogen-bond donors (Lipinski definition) is 3. The lowest BCUT2D eigenvalue weighted by Gasteiger charge is -2.18. The van der Waals surface area contributed by atoms with Crippen LogP contribution in [0.1, 0.15) is 18.1 Å². The molecule has 2 atom stereocenters. The quantitative estimate of drug-likeness (QED) is 0.678. The molecule has 6 heteroatoms. The number of rotatable bonds is 4. The van der Waals surface area contributed by atoms with Gasteiger partial charge in [0.25, 0.3) is 0 Å². The Hall–Kier alpha value is -1.11. The van der Waals surface area contributed by atoms with Gasteiger partial charge < -0.3 is 15.9 Å². The van der Waals surface area contributed by atoms with E-state index in [0.29, 0.717) is 12.1 Å². The van der Waals surface area contributed by atoms with Crippen molar-refractivity contribution in [1.29, 1.82) is 0 Å². The van der Waals surface area contributed by atoms with E-state index in [0.717, 1.165) is 0 Å². The van der Waals surface area contributed by atoms with Gasteiger partial charge in [-0.2, -0.15) is 0 Å². The van der Waals surface area contributed by atoms with Crippen LogP contribution in [0.15, 0.2) is 12.1 Å². The van der Waals surface area contributed by atoms with Gasteiger partial charge >= 0.3 is 0 Å². The smallest absolute Gasteiger partial charge is 0.161 e. The average Bonchev–Trinajstić information content (AvgIpc) is 2.23. The van der Waals surface area contributed by atoms with Crippen LogP contribution in [-0.2, 0) is 0 Å². The molecule has 90 valence electrons. The number of benzene rings is 1. The Bertz CT molecular complexity index is 373. The van der Waals surface area contributed by atoms with Crippen LogP contribution in [0.4, 0.5) is 13.2 Å². The van der Waals surface area contributed by atoms with E-state index in [4.69, 9.17) is 5.73 Å². The van der Waals surface area contributed by atoms with Crippen molar-refractivity contribution in [3.63, 3.8) is 0 Å². The average molecular weight is 235 g/mol. The lowest BCUT2D eigenvalue weighted by molar-refractivity contribution is 0.0127. The number of aliphatic hydroxyl groups excluding tert-OH is 2. The lowest BCUT2D eigenvalue weighted by atomic mass is 10.0. The van der Waals surface area contributed by atoms with E-state index >= 15 is 0 Å². The molecule has 2 unspecified atom stereocenters. The van der Waals surface area contributed by atoms with Gasteiger partial charge in [-0.15, -0.1) is 0 Å². The summed E-state index contributed by atoms with van der Waals surface area (Å²) in [7, 11) is 0. The zero-order valence-electron chi connectivity index (χ0n) is 8.33. The molecule has 1 aromatic rings. The van der Waals surface area contributed by atoms with Gasteiger partial charge in [-0.25, -0.2) is 13.2 Å². The molecule has 0 heterocycles. The van der Waals surface area contributed by atoms with Crippen molar-refractivity contribution in [3.05, 3.63) is 35.1 Å². The molecule has 0 aliphatic carbocycles. The summed E-state index contributed by atoms with van der Waals surface area (Å²) in [5.74, 6) is -3.74. The first-order valence-corrected chi connectivity index (χ1v) is 4.68. The molecule has 0 aliphatic heterocycles. The summed E-state index contributed by atoms with van der Waals surface area (Å²) in [4.78, 5) is 0. The van der Waals surface area contributed by atoms with E-state index in [9.17, 15) is 23.4 Å². The first kappa shape index (κ1) is 13.0. The van der Waals surface area contributed by atoms with Crippen LogP contribution < -0.4 is 5.73 Å². The zero-order valence-corrected chi connectivity index (χ0v) is 8.33. The molecule has 4 N–H and O–H groups in total. The predicted molar refractivity (Wildman–Crippen MR) is 51.0 cm³/mol. The van der Waals surface area contributed by atoms with Gasteiger partial charge in [0.2, 0.25) is 0 Å². The van der Waals surface area contributed by atoms with Gasteiger partial charge in [-0.3, -0.25) is 0 Å². The fraction of sp³-hybridized carbons (Fsp3) is 0.400. The van der Waals surface area contributed by atoms with E-state index in [1.165, 1.54) is 0 Å². The van der Waals surface area contributed by atoms with Crippen molar-refractivity contribution < 1.29 is 23.4 Å². The first-order valence-electron chi connectivity index (χ1n) is 4.68. The van der Waals surface area contributed by atoms with Crippen molar-refractivity contribution in [2.45, 2.75) is 18.6 Å². The molecular weight excluding hydrogens is 223 g/mol. The van der Waals surface area contributed by atoms with Crippen LogP contribution in [-0.4, -0.2) is 22.9 Å². The fourth-order valence-corrected chi connectivity index (χ4v) is 1.30. The molecule has 3 nitrogen and oxygen atoms in total. The van der Waals surface area contributed by atoms with Crippen molar-refractivity contribution >= 4 is 0 Å². The molecule has 0 saturated carbocycles. The second-order valence-corrected chi connectivity index (χ2v) is 3.38. The molecule has 1 aromatic carbocycles. The van der Waals surface area contributed by atoms with Crippen molar-refractivity contribution in [3.8, 4) is 0 Å². The molecule has 1 rings (SSSR count). The highest BCUT2D eigenvalue weighted by atomic mass is 19.2. The van der Waals surface area contributed by atoms with Crippen LogP contribution in [0.2, 0.25) is 0 Å². The van der Waals surface area contributed by atoms with Crippen molar-refractivity contribution in [1.82, 2.24) is 0 Å². The van der Waals surface area contributed by atoms with Crippen LogP contribution in [0.25, 0.3) is 0 Å². The monoisotopic (exact) mass is 235 g/mol. The maximum atomic E-state index is 13.2. The minimum Gasteiger partial charge on any atom is -0.390 e. The molecule has 0 spiro atoms. The Kier molecular flexibility index (Phi) is 4.28. The lowest BCUT2D eigenvalue weighted by Crippen LogP contribution is -2.22. The summed E-state index contributed by atoms with van der Waals surface area (Å²) < 4.78 is 38.6. The highest BCUT2D eigenvalue weighted by Crippen LogP contribution is 2.23. The van der Waals surface area contributed by atoms with Crippen molar-refractivity contribution in [2.75, 3.05) is 6.54 Å². The number of halogens is 3. The molecular formula is C10H12F3NO2. The van der Waals surface area contributed by atoms with E-state index < -0.39 is 35.2 Å². The third kappa shape index (κ3) is 2.72. The van der Waals surface area contributed by atoms with Gasteiger partial charge in [0.15, 0.2) is 11.6 Å². The van der Waals surface area contributed by atoms with E-state index in [1.54, 1.807) is 0 Å². The minimum absolute atomic E-state index is 0.0274. The van der Waals surface area contributed by atoms with Crippen LogP contribution >= 0.6 is 0 Å². The van der Waals surface area contributed by atoms with Crippen molar-refractivity contribution in [2.24, 2.45) is 5.73 Å². The summed E-state index contributed by atoms with van der Waals surface area (Å²) in [6.45, 7) is 0.0868. The number of aliphatic hydroxyl groups is 2. The van der Waals surface area contributed by atoms with E-state index in [1.807, 2.05) is 0 Å². The van der Waals surface area contributed by atoms with Crippen LogP contribution in [0, 0.1) is 17.5 Å².